The maximum atomic E-state index is 11.5. The Morgan fingerprint density at radius 1 is 1.53 bits per heavy atom. The Labute approximate surface area is 106 Å². The average molecular weight is 304 g/mol. The van der Waals surface area contributed by atoms with Gasteiger partial charge in [0.15, 0.2) is 0 Å². The lowest BCUT2D eigenvalue weighted by atomic mass is 10.1. The van der Waals surface area contributed by atoms with E-state index < -0.39 is 10.9 Å². The van der Waals surface area contributed by atoms with Gasteiger partial charge in [0.05, 0.1) is 18.6 Å². The molecule has 0 saturated carbocycles. The second kappa shape index (κ2) is 5.62. The van der Waals surface area contributed by atoms with Crippen LogP contribution in [0.15, 0.2) is 16.6 Å². The largest absolute Gasteiger partial charge is 0.487 e. The van der Waals surface area contributed by atoms with E-state index in [0.717, 1.165) is 0 Å². The summed E-state index contributed by atoms with van der Waals surface area (Å²) in [6.07, 6.45) is 0. The standard InChI is InChI=1S/C10H10BrNO5/c1-3-17-9-7(10(13)16-2)4-6(11)5-8(9)12(14)15/h4-5H,3H2,1-2H3. The van der Waals surface area contributed by atoms with E-state index in [-0.39, 0.29) is 23.6 Å². The summed E-state index contributed by atoms with van der Waals surface area (Å²) < 4.78 is 10.1. The van der Waals surface area contributed by atoms with Crippen molar-refractivity contribution in [1.29, 1.82) is 0 Å². The average Bonchev–Trinajstić information content (AvgIpc) is 2.29. The Balaban J connectivity index is 3.45. The molecule has 92 valence electrons. The molecule has 0 fully saturated rings. The molecule has 1 rings (SSSR count). The number of halogens is 1. The number of nitrogens with zero attached hydrogens (tertiary/aromatic N) is 1. The molecule has 0 amide bonds. The molecule has 0 spiro atoms. The Morgan fingerprint density at radius 3 is 2.65 bits per heavy atom. The van der Waals surface area contributed by atoms with Crippen molar-refractivity contribution in [2.45, 2.75) is 6.92 Å². The lowest BCUT2D eigenvalue weighted by molar-refractivity contribution is -0.386. The van der Waals surface area contributed by atoms with Gasteiger partial charge in [-0.05, 0) is 13.0 Å². The minimum Gasteiger partial charge on any atom is -0.487 e. The van der Waals surface area contributed by atoms with E-state index in [1.165, 1.54) is 19.2 Å². The molecule has 0 aromatic heterocycles. The first-order chi connectivity index (χ1) is 8.01. The van der Waals surface area contributed by atoms with E-state index in [2.05, 4.69) is 20.7 Å². The fourth-order valence-corrected chi connectivity index (χ4v) is 1.72. The smallest absolute Gasteiger partial charge is 0.341 e. The van der Waals surface area contributed by atoms with Gasteiger partial charge in [-0.3, -0.25) is 10.1 Å². The van der Waals surface area contributed by atoms with Gasteiger partial charge in [-0.15, -0.1) is 0 Å². The van der Waals surface area contributed by atoms with Crippen LogP contribution in [0.3, 0.4) is 0 Å². The summed E-state index contributed by atoms with van der Waals surface area (Å²) in [4.78, 5) is 21.7. The fourth-order valence-electron chi connectivity index (χ4n) is 1.27. The lowest BCUT2D eigenvalue weighted by Crippen LogP contribution is -2.08. The number of methoxy groups -OCH3 is 1. The van der Waals surface area contributed by atoms with Gasteiger partial charge in [-0.2, -0.15) is 0 Å². The van der Waals surface area contributed by atoms with E-state index in [9.17, 15) is 14.9 Å². The molecule has 0 radical (unpaired) electrons. The third kappa shape index (κ3) is 2.94. The first-order valence-electron chi connectivity index (χ1n) is 4.70. The van der Waals surface area contributed by atoms with Crippen molar-refractivity contribution in [3.05, 3.63) is 32.3 Å². The van der Waals surface area contributed by atoms with Crippen LogP contribution in [0, 0.1) is 10.1 Å². The Bertz CT molecular complexity index is 460. The predicted octanol–water partition coefficient (Wildman–Crippen LogP) is 2.54. The molecule has 0 unspecified atom stereocenters. The molecule has 0 atom stereocenters. The third-order valence-electron chi connectivity index (χ3n) is 1.92. The van der Waals surface area contributed by atoms with E-state index in [1.807, 2.05) is 0 Å². The highest BCUT2D eigenvalue weighted by molar-refractivity contribution is 9.10. The van der Waals surface area contributed by atoms with Crippen molar-refractivity contribution >= 4 is 27.6 Å². The molecule has 0 saturated heterocycles. The Hall–Kier alpha value is -1.63. The maximum absolute atomic E-state index is 11.5. The molecule has 0 aliphatic carbocycles. The molecule has 0 heterocycles. The van der Waals surface area contributed by atoms with Crippen molar-refractivity contribution in [3.8, 4) is 5.75 Å². The number of ether oxygens (including phenoxy) is 2. The fraction of sp³-hybridized carbons (Fsp3) is 0.300. The summed E-state index contributed by atoms with van der Waals surface area (Å²) in [7, 11) is 1.20. The first-order valence-corrected chi connectivity index (χ1v) is 5.49. The highest BCUT2D eigenvalue weighted by Gasteiger charge is 2.25. The molecule has 7 heteroatoms. The highest BCUT2D eigenvalue weighted by Crippen LogP contribution is 2.35. The topological polar surface area (TPSA) is 78.7 Å². The molecular formula is C10H10BrNO5. The van der Waals surface area contributed by atoms with Crippen molar-refractivity contribution < 1.29 is 19.2 Å². The molecule has 1 aromatic rings. The Morgan fingerprint density at radius 2 is 2.18 bits per heavy atom. The number of carbonyl (C=O) groups is 1. The van der Waals surface area contributed by atoms with Gasteiger partial charge < -0.3 is 9.47 Å². The number of carbonyl (C=O) groups excluding carboxylic acids is 1. The number of hydrogen-bond acceptors (Lipinski definition) is 5. The zero-order chi connectivity index (χ0) is 13.0. The molecule has 6 nitrogen and oxygen atoms in total. The van der Waals surface area contributed by atoms with E-state index in [1.54, 1.807) is 6.92 Å². The van der Waals surface area contributed by atoms with E-state index >= 15 is 0 Å². The lowest BCUT2D eigenvalue weighted by Gasteiger charge is -2.09. The molecule has 0 N–H and O–H groups in total. The van der Waals surface area contributed by atoms with Crippen LogP contribution in [-0.2, 0) is 4.74 Å². The molecule has 17 heavy (non-hydrogen) atoms. The summed E-state index contributed by atoms with van der Waals surface area (Å²) in [6.45, 7) is 1.89. The van der Waals surface area contributed by atoms with E-state index in [0.29, 0.717) is 4.47 Å². The number of nitro benzene ring substituents is 1. The molecule has 0 bridgehead atoms. The number of esters is 1. The SMILES string of the molecule is CCOc1c(C(=O)OC)cc(Br)cc1[N+](=O)[O-]. The molecular weight excluding hydrogens is 294 g/mol. The van der Waals surface area contributed by atoms with Gasteiger partial charge in [0.2, 0.25) is 5.75 Å². The second-order valence-electron chi connectivity index (χ2n) is 2.98. The van der Waals surface area contributed by atoms with Crippen molar-refractivity contribution in [2.24, 2.45) is 0 Å². The van der Waals surface area contributed by atoms with Crippen LogP contribution in [0.25, 0.3) is 0 Å². The van der Waals surface area contributed by atoms with Gasteiger partial charge in [-0.1, -0.05) is 15.9 Å². The Kier molecular flexibility index (Phi) is 4.45. The number of benzene rings is 1. The minimum atomic E-state index is -0.683. The zero-order valence-corrected chi connectivity index (χ0v) is 10.8. The second-order valence-corrected chi connectivity index (χ2v) is 3.90. The van der Waals surface area contributed by atoms with Crippen molar-refractivity contribution in [3.63, 3.8) is 0 Å². The minimum absolute atomic E-state index is 0.0235. The quantitative estimate of drug-likeness (QED) is 0.485. The summed E-state index contributed by atoms with van der Waals surface area (Å²) in [5, 5.41) is 10.9. The normalized spacial score (nSPS) is 9.82. The van der Waals surface area contributed by atoms with Gasteiger partial charge >= 0.3 is 11.7 Å². The van der Waals surface area contributed by atoms with Gasteiger partial charge in [0.25, 0.3) is 0 Å². The molecule has 1 aromatic carbocycles. The van der Waals surface area contributed by atoms with Gasteiger partial charge in [-0.25, -0.2) is 4.79 Å². The monoisotopic (exact) mass is 303 g/mol. The highest BCUT2D eigenvalue weighted by atomic mass is 79.9. The van der Waals surface area contributed by atoms with Gasteiger partial charge in [0, 0.05) is 10.5 Å². The van der Waals surface area contributed by atoms with Crippen LogP contribution in [0.4, 0.5) is 5.69 Å². The van der Waals surface area contributed by atoms with Crippen molar-refractivity contribution in [1.82, 2.24) is 0 Å². The summed E-state index contributed by atoms with van der Waals surface area (Å²) in [5.74, 6) is -0.759. The summed E-state index contributed by atoms with van der Waals surface area (Å²) in [6, 6.07) is 2.70. The summed E-state index contributed by atoms with van der Waals surface area (Å²) in [5.41, 5.74) is -0.253. The number of nitro groups is 1. The van der Waals surface area contributed by atoms with Crippen LogP contribution in [0.2, 0.25) is 0 Å². The molecule has 0 aliphatic rings. The predicted molar refractivity (Wildman–Crippen MR) is 63.3 cm³/mol. The van der Waals surface area contributed by atoms with Crippen LogP contribution in [0.5, 0.6) is 5.75 Å². The van der Waals surface area contributed by atoms with Crippen LogP contribution in [0.1, 0.15) is 17.3 Å². The maximum Gasteiger partial charge on any atom is 0.341 e. The summed E-state index contributed by atoms with van der Waals surface area (Å²) >= 11 is 3.10. The zero-order valence-electron chi connectivity index (χ0n) is 9.23. The van der Waals surface area contributed by atoms with E-state index in [4.69, 9.17) is 4.74 Å². The van der Waals surface area contributed by atoms with Crippen LogP contribution >= 0.6 is 15.9 Å². The van der Waals surface area contributed by atoms with Crippen LogP contribution in [-0.4, -0.2) is 24.6 Å². The number of rotatable bonds is 4. The first kappa shape index (κ1) is 13.4. The third-order valence-corrected chi connectivity index (χ3v) is 2.38. The van der Waals surface area contributed by atoms with Crippen LogP contribution < -0.4 is 4.74 Å². The number of hydrogen-bond donors (Lipinski definition) is 0. The van der Waals surface area contributed by atoms with Crippen molar-refractivity contribution in [2.75, 3.05) is 13.7 Å². The van der Waals surface area contributed by atoms with Gasteiger partial charge in [0.1, 0.15) is 5.56 Å². The molecule has 0 aliphatic heterocycles.